The first-order valence-electron chi connectivity index (χ1n) is 11.0. The summed E-state index contributed by atoms with van der Waals surface area (Å²) in [5.41, 5.74) is 0. The highest BCUT2D eigenvalue weighted by Gasteiger charge is 2.36. The molecule has 1 aromatic carbocycles. The molecule has 0 radical (unpaired) electrons. The summed E-state index contributed by atoms with van der Waals surface area (Å²) in [7, 11) is -0.877. The van der Waals surface area contributed by atoms with Crippen LogP contribution in [0.5, 0.6) is 11.5 Å². The van der Waals surface area contributed by atoms with Crippen LogP contribution in [0.3, 0.4) is 0 Å². The van der Waals surface area contributed by atoms with Crippen LogP contribution in [0, 0.1) is 11.8 Å². The van der Waals surface area contributed by atoms with E-state index in [1.54, 1.807) is 24.0 Å². The normalized spacial score (nSPS) is 18.9. The Hall–Kier alpha value is -2.33. The summed E-state index contributed by atoms with van der Waals surface area (Å²) in [4.78, 5) is 26.7. The number of methoxy groups -OCH3 is 2. The number of ether oxygens (including phenoxy) is 3. The van der Waals surface area contributed by atoms with Gasteiger partial charge in [0.05, 0.1) is 26.7 Å². The van der Waals surface area contributed by atoms with Crippen LogP contribution in [0.1, 0.15) is 32.6 Å². The van der Waals surface area contributed by atoms with E-state index in [1.807, 2.05) is 0 Å². The van der Waals surface area contributed by atoms with Gasteiger partial charge in [-0.2, -0.15) is 4.31 Å². The maximum absolute atomic E-state index is 13.2. The largest absolute Gasteiger partial charge is 0.497 e. The third-order valence-corrected chi connectivity index (χ3v) is 8.14. The fourth-order valence-corrected chi connectivity index (χ4v) is 5.96. The van der Waals surface area contributed by atoms with E-state index in [9.17, 15) is 18.0 Å². The molecule has 9 nitrogen and oxygen atoms in total. The Labute approximate surface area is 189 Å². The van der Waals surface area contributed by atoms with Crippen molar-refractivity contribution in [3.05, 3.63) is 18.2 Å². The Morgan fingerprint density at radius 1 is 0.969 bits per heavy atom. The predicted molar refractivity (Wildman–Crippen MR) is 117 cm³/mol. The van der Waals surface area contributed by atoms with Gasteiger partial charge in [0, 0.05) is 38.2 Å². The summed E-state index contributed by atoms with van der Waals surface area (Å²) in [5, 5.41) is 0. The van der Waals surface area contributed by atoms with Gasteiger partial charge in [0.25, 0.3) is 0 Å². The number of likely N-dealkylation sites (tertiary alicyclic amines) is 1. The van der Waals surface area contributed by atoms with Gasteiger partial charge in [-0.3, -0.25) is 9.59 Å². The maximum atomic E-state index is 13.2. The van der Waals surface area contributed by atoms with Crippen molar-refractivity contribution in [3.63, 3.8) is 0 Å². The summed E-state index contributed by atoms with van der Waals surface area (Å²) >= 11 is 0. The Morgan fingerprint density at radius 3 is 2.16 bits per heavy atom. The van der Waals surface area contributed by atoms with E-state index < -0.39 is 10.0 Å². The number of piperidine rings is 2. The third-order valence-electron chi connectivity index (χ3n) is 6.22. The van der Waals surface area contributed by atoms with Crippen LogP contribution in [0.15, 0.2) is 23.1 Å². The van der Waals surface area contributed by atoms with E-state index in [4.69, 9.17) is 14.2 Å². The molecule has 0 aliphatic carbocycles. The van der Waals surface area contributed by atoms with Crippen LogP contribution in [-0.2, 0) is 24.3 Å². The van der Waals surface area contributed by atoms with Crippen LogP contribution >= 0.6 is 0 Å². The lowest BCUT2D eigenvalue weighted by atomic mass is 9.92. The highest BCUT2D eigenvalue weighted by atomic mass is 32.2. The molecular weight excluding hydrogens is 436 g/mol. The van der Waals surface area contributed by atoms with Crippen molar-refractivity contribution in [3.8, 4) is 11.5 Å². The summed E-state index contributed by atoms with van der Waals surface area (Å²) in [6, 6.07) is 4.68. The van der Waals surface area contributed by atoms with Gasteiger partial charge >= 0.3 is 5.97 Å². The molecule has 2 saturated heterocycles. The summed E-state index contributed by atoms with van der Waals surface area (Å²) in [6.45, 7) is 3.73. The molecule has 2 aliphatic heterocycles. The number of sulfonamides is 1. The van der Waals surface area contributed by atoms with E-state index >= 15 is 0 Å². The summed E-state index contributed by atoms with van der Waals surface area (Å²) < 4.78 is 43.3. The molecule has 1 amide bonds. The van der Waals surface area contributed by atoms with E-state index in [2.05, 4.69) is 0 Å². The minimum absolute atomic E-state index is 0.0447. The van der Waals surface area contributed by atoms with Gasteiger partial charge in [-0.15, -0.1) is 0 Å². The number of nitrogens with zero attached hydrogens (tertiary/aromatic N) is 2. The Balaban J connectivity index is 1.59. The number of amides is 1. The molecule has 2 fully saturated rings. The molecule has 0 atom stereocenters. The first-order chi connectivity index (χ1) is 15.3. The number of hydrogen-bond donors (Lipinski definition) is 0. The standard InChI is InChI=1S/C22H32N2O7S/c1-4-31-22(26)17-7-11-23(12-8-17)21(25)16-9-13-24(14-10-16)32(27,28)20-15-18(29-2)5-6-19(20)30-3/h5-6,15-17H,4,7-14H2,1-3H3. The monoisotopic (exact) mass is 468 g/mol. The number of esters is 1. The zero-order valence-electron chi connectivity index (χ0n) is 18.9. The van der Waals surface area contributed by atoms with Crippen molar-refractivity contribution in [1.82, 2.24) is 9.21 Å². The van der Waals surface area contributed by atoms with Gasteiger partial charge in [0.15, 0.2) is 0 Å². The lowest BCUT2D eigenvalue weighted by Crippen LogP contribution is -2.47. The number of rotatable bonds is 7. The molecule has 2 aliphatic rings. The molecule has 3 rings (SSSR count). The van der Waals surface area contributed by atoms with Crippen LogP contribution in [0.2, 0.25) is 0 Å². The van der Waals surface area contributed by atoms with Gasteiger partial charge in [0.2, 0.25) is 15.9 Å². The van der Waals surface area contributed by atoms with Gasteiger partial charge in [-0.1, -0.05) is 0 Å². The number of carbonyl (C=O) groups is 2. The fourth-order valence-electron chi connectivity index (χ4n) is 4.32. The van der Waals surface area contributed by atoms with Gasteiger partial charge < -0.3 is 19.1 Å². The molecule has 178 valence electrons. The minimum Gasteiger partial charge on any atom is -0.497 e. The average molecular weight is 469 g/mol. The lowest BCUT2D eigenvalue weighted by Gasteiger charge is -2.36. The molecular formula is C22H32N2O7S. The molecule has 0 unspecified atom stereocenters. The molecule has 32 heavy (non-hydrogen) atoms. The van der Waals surface area contributed by atoms with Crippen LogP contribution < -0.4 is 9.47 Å². The van der Waals surface area contributed by atoms with Crippen molar-refractivity contribution in [1.29, 1.82) is 0 Å². The fraction of sp³-hybridized carbons (Fsp3) is 0.636. The first kappa shape index (κ1) is 24.3. The minimum atomic E-state index is -3.78. The lowest BCUT2D eigenvalue weighted by molar-refractivity contribution is -0.152. The SMILES string of the molecule is CCOC(=O)C1CCN(C(=O)C2CCN(S(=O)(=O)c3cc(OC)ccc3OC)CC2)CC1. The van der Waals surface area contributed by atoms with E-state index in [-0.39, 0.29) is 47.4 Å². The highest BCUT2D eigenvalue weighted by Crippen LogP contribution is 2.33. The summed E-state index contributed by atoms with van der Waals surface area (Å²) in [5.74, 6) is 0.181. The van der Waals surface area contributed by atoms with Crippen LogP contribution in [-0.4, -0.2) is 76.5 Å². The number of benzene rings is 1. The quantitative estimate of drug-likeness (QED) is 0.563. The van der Waals surface area contributed by atoms with E-state index in [0.29, 0.717) is 51.1 Å². The van der Waals surface area contributed by atoms with Crippen molar-refractivity contribution in [2.24, 2.45) is 11.8 Å². The predicted octanol–water partition coefficient (Wildman–Crippen LogP) is 1.91. The molecule has 0 N–H and O–H groups in total. The van der Waals surface area contributed by atoms with Gasteiger partial charge in [-0.05, 0) is 44.7 Å². The molecule has 1 aromatic rings. The number of carbonyl (C=O) groups excluding carboxylic acids is 2. The van der Waals surface area contributed by atoms with Crippen molar-refractivity contribution >= 4 is 21.9 Å². The highest BCUT2D eigenvalue weighted by molar-refractivity contribution is 7.89. The second-order valence-electron chi connectivity index (χ2n) is 8.05. The zero-order valence-corrected chi connectivity index (χ0v) is 19.7. The second-order valence-corrected chi connectivity index (χ2v) is 9.95. The average Bonchev–Trinajstić information content (AvgIpc) is 2.83. The topological polar surface area (TPSA) is 102 Å². The molecule has 0 spiro atoms. The zero-order chi connectivity index (χ0) is 23.3. The van der Waals surface area contributed by atoms with Crippen LogP contribution in [0.4, 0.5) is 0 Å². The molecule has 0 saturated carbocycles. The smallest absolute Gasteiger partial charge is 0.309 e. The van der Waals surface area contributed by atoms with Gasteiger partial charge in [0.1, 0.15) is 16.4 Å². The Kier molecular flexibility index (Phi) is 8.00. The summed E-state index contributed by atoms with van der Waals surface area (Å²) in [6.07, 6.45) is 2.13. The second kappa shape index (κ2) is 10.5. The first-order valence-corrected chi connectivity index (χ1v) is 12.4. The Morgan fingerprint density at radius 2 is 1.59 bits per heavy atom. The van der Waals surface area contributed by atoms with Crippen molar-refractivity contribution in [2.75, 3.05) is 47.0 Å². The Bertz CT molecular complexity index is 918. The maximum Gasteiger partial charge on any atom is 0.309 e. The van der Waals surface area contributed by atoms with E-state index in [0.717, 1.165) is 0 Å². The van der Waals surface area contributed by atoms with Crippen molar-refractivity contribution in [2.45, 2.75) is 37.5 Å². The van der Waals surface area contributed by atoms with Gasteiger partial charge in [-0.25, -0.2) is 8.42 Å². The molecule has 0 bridgehead atoms. The molecule has 0 aromatic heterocycles. The third kappa shape index (κ3) is 5.17. The van der Waals surface area contributed by atoms with Crippen molar-refractivity contribution < 1.29 is 32.2 Å². The van der Waals surface area contributed by atoms with E-state index in [1.165, 1.54) is 24.6 Å². The molecule has 2 heterocycles. The molecule has 10 heteroatoms. The van der Waals surface area contributed by atoms with Crippen LogP contribution in [0.25, 0.3) is 0 Å². The number of hydrogen-bond acceptors (Lipinski definition) is 7.